The van der Waals surface area contributed by atoms with Gasteiger partial charge in [-0.15, -0.1) is 0 Å². The average Bonchev–Trinajstić information content (AvgIpc) is 3.17. The Bertz CT molecular complexity index is 395. The van der Waals surface area contributed by atoms with Gasteiger partial charge in [-0.05, 0) is 43.7 Å². The molecular formula is C14H20N2O. The van der Waals surface area contributed by atoms with Crippen LogP contribution >= 0.6 is 0 Å². The first-order chi connectivity index (χ1) is 8.33. The summed E-state index contributed by atoms with van der Waals surface area (Å²) in [5.41, 5.74) is 2.64. The van der Waals surface area contributed by atoms with E-state index in [4.69, 9.17) is 9.72 Å². The third kappa shape index (κ3) is 2.60. The van der Waals surface area contributed by atoms with Gasteiger partial charge in [0.15, 0.2) is 0 Å². The quantitative estimate of drug-likeness (QED) is 0.798. The summed E-state index contributed by atoms with van der Waals surface area (Å²) >= 11 is 0. The van der Waals surface area contributed by atoms with E-state index in [9.17, 15) is 0 Å². The number of ether oxygens (including phenoxy) is 1. The lowest BCUT2D eigenvalue weighted by Crippen LogP contribution is -2.36. The smallest absolute Gasteiger partial charge is 0.128 e. The monoisotopic (exact) mass is 232 g/mol. The number of rotatable bonds is 3. The molecule has 0 aromatic carbocycles. The van der Waals surface area contributed by atoms with Gasteiger partial charge >= 0.3 is 0 Å². The molecule has 1 aromatic rings. The number of aryl methyl sites for hydroxylation is 1. The predicted molar refractivity (Wildman–Crippen MR) is 68.4 cm³/mol. The predicted octanol–water partition coefficient (Wildman–Crippen LogP) is 2.18. The van der Waals surface area contributed by atoms with Crippen LogP contribution in [0.1, 0.15) is 24.1 Å². The van der Waals surface area contributed by atoms with E-state index in [1.807, 2.05) is 0 Å². The molecule has 2 aliphatic rings. The number of morpholine rings is 1. The van der Waals surface area contributed by atoms with Crippen LogP contribution < -0.4 is 4.90 Å². The van der Waals surface area contributed by atoms with Crippen molar-refractivity contribution in [2.75, 3.05) is 31.2 Å². The van der Waals surface area contributed by atoms with Gasteiger partial charge < -0.3 is 9.64 Å². The highest BCUT2D eigenvalue weighted by atomic mass is 16.5. The first-order valence-electron chi connectivity index (χ1n) is 6.62. The minimum atomic E-state index is 0.827. The van der Waals surface area contributed by atoms with E-state index in [1.165, 1.54) is 30.5 Å². The van der Waals surface area contributed by atoms with Crippen LogP contribution in [0, 0.1) is 12.8 Å². The molecule has 1 saturated carbocycles. The van der Waals surface area contributed by atoms with Crippen LogP contribution in [0.5, 0.6) is 0 Å². The van der Waals surface area contributed by atoms with Gasteiger partial charge in [0.2, 0.25) is 0 Å². The zero-order valence-corrected chi connectivity index (χ0v) is 10.5. The Morgan fingerprint density at radius 1 is 1.29 bits per heavy atom. The van der Waals surface area contributed by atoms with E-state index >= 15 is 0 Å². The van der Waals surface area contributed by atoms with Crippen molar-refractivity contribution in [1.29, 1.82) is 0 Å². The molecule has 1 saturated heterocycles. The van der Waals surface area contributed by atoms with E-state index < -0.39 is 0 Å². The van der Waals surface area contributed by atoms with Gasteiger partial charge in [-0.2, -0.15) is 0 Å². The second kappa shape index (κ2) is 4.65. The summed E-state index contributed by atoms with van der Waals surface area (Å²) < 4.78 is 5.38. The zero-order chi connectivity index (χ0) is 11.7. The summed E-state index contributed by atoms with van der Waals surface area (Å²) in [5, 5.41) is 0. The molecule has 1 aromatic heterocycles. The standard InChI is InChI=1S/C14H20N2O/c1-11-2-5-14(16-6-8-17-9-7-16)15-13(11)10-12-3-4-12/h2,5,12H,3-4,6-10H2,1H3. The highest BCUT2D eigenvalue weighted by Gasteiger charge is 2.23. The van der Waals surface area contributed by atoms with Crippen LogP contribution in [0.2, 0.25) is 0 Å². The molecule has 2 heterocycles. The van der Waals surface area contributed by atoms with Gasteiger partial charge in [-0.1, -0.05) is 6.07 Å². The van der Waals surface area contributed by atoms with Crippen molar-refractivity contribution < 1.29 is 4.74 Å². The second-order valence-corrected chi connectivity index (χ2v) is 5.18. The molecule has 0 radical (unpaired) electrons. The molecule has 0 spiro atoms. The van der Waals surface area contributed by atoms with Gasteiger partial charge in [0.1, 0.15) is 5.82 Å². The molecule has 0 atom stereocenters. The second-order valence-electron chi connectivity index (χ2n) is 5.18. The van der Waals surface area contributed by atoms with Crippen LogP contribution in [-0.4, -0.2) is 31.3 Å². The number of anilines is 1. The summed E-state index contributed by atoms with van der Waals surface area (Å²) in [7, 11) is 0. The fourth-order valence-corrected chi connectivity index (χ4v) is 2.33. The first-order valence-corrected chi connectivity index (χ1v) is 6.62. The van der Waals surface area contributed by atoms with Crippen molar-refractivity contribution >= 4 is 5.82 Å². The number of pyridine rings is 1. The van der Waals surface area contributed by atoms with Gasteiger partial charge in [-0.25, -0.2) is 4.98 Å². The molecule has 3 nitrogen and oxygen atoms in total. The van der Waals surface area contributed by atoms with Crippen molar-refractivity contribution in [3.05, 3.63) is 23.4 Å². The molecule has 3 heteroatoms. The molecule has 17 heavy (non-hydrogen) atoms. The lowest BCUT2D eigenvalue weighted by Gasteiger charge is -2.28. The molecule has 1 aliphatic carbocycles. The van der Waals surface area contributed by atoms with Crippen LogP contribution in [0.25, 0.3) is 0 Å². The van der Waals surface area contributed by atoms with Crippen LogP contribution in [0.3, 0.4) is 0 Å². The molecule has 2 fully saturated rings. The topological polar surface area (TPSA) is 25.4 Å². The van der Waals surface area contributed by atoms with E-state index in [2.05, 4.69) is 24.0 Å². The van der Waals surface area contributed by atoms with E-state index in [1.54, 1.807) is 0 Å². The summed E-state index contributed by atoms with van der Waals surface area (Å²) in [4.78, 5) is 7.18. The molecule has 0 N–H and O–H groups in total. The van der Waals surface area contributed by atoms with Crippen molar-refractivity contribution in [3.63, 3.8) is 0 Å². The van der Waals surface area contributed by atoms with E-state index in [-0.39, 0.29) is 0 Å². The average molecular weight is 232 g/mol. The minimum absolute atomic E-state index is 0.827. The number of hydrogen-bond acceptors (Lipinski definition) is 3. The molecule has 92 valence electrons. The summed E-state index contributed by atoms with van der Waals surface area (Å²) in [5.74, 6) is 2.04. The highest BCUT2D eigenvalue weighted by molar-refractivity contribution is 5.42. The molecule has 3 rings (SSSR count). The van der Waals surface area contributed by atoms with Crippen molar-refractivity contribution in [2.24, 2.45) is 5.92 Å². The summed E-state index contributed by atoms with van der Waals surface area (Å²) in [6.45, 7) is 5.77. The maximum absolute atomic E-state index is 5.38. The Hall–Kier alpha value is -1.09. The third-order valence-corrected chi connectivity index (χ3v) is 3.70. The molecule has 0 bridgehead atoms. The van der Waals surface area contributed by atoms with Crippen molar-refractivity contribution in [2.45, 2.75) is 26.2 Å². The fraction of sp³-hybridized carbons (Fsp3) is 0.643. The number of aromatic nitrogens is 1. The molecular weight excluding hydrogens is 212 g/mol. The first kappa shape index (κ1) is 11.0. The van der Waals surface area contributed by atoms with Gasteiger partial charge in [0.05, 0.1) is 13.2 Å². The SMILES string of the molecule is Cc1ccc(N2CCOCC2)nc1CC1CC1. The van der Waals surface area contributed by atoms with E-state index in [0.29, 0.717) is 0 Å². The lowest BCUT2D eigenvalue weighted by atomic mass is 10.1. The Morgan fingerprint density at radius 3 is 2.76 bits per heavy atom. The molecule has 0 amide bonds. The Morgan fingerprint density at radius 2 is 2.06 bits per heavy atom. The van der Waals surface area contributed by atoms with Crippen LogP contribution in [-0.2, 0) is 11.2 Å². The highest BCUT2D eigenvalue weighted by Crippen LogP contribution is 2.33. The Balaban J connectivity index is 1.78. The Kier molecular flexibility index (Phi) is 3.02. The van der Waals surface area contributed by atoms with Crippen molar-refractivity contribution in [1.82, 2.24) is 4.98 Å². The van der Waals surface area contributed by atoms with Crippen molar-refractivity contribution in [3.8, 4) is 0 Å². The van der Waals surface area contributed by atoms with Crippen LogP contribution in [0.4, 0.5) is 5.82 Å². The van der Waals surface area contributed by atoms with Crippen LogP contribution in [0.15, 0.2) is 12.1 Å². The normalized spacial score (nSPS) is 20.6. The van der Waals surface area contributed by atoms with Gasteiger partial charge in [0.25, 0.3) is 0 Å². The summed E-state index contributed by atoms with van der Waals surface area (Å²) in [6, 6.07) is 4.37. The lowest BCUT2D eigenvalue weighted by molar-refractivity contribution is 0.122. The number of nitrogens with zero attached hydrogens (tertiary/aromatic N) is 2. The third-order valence-electron chi connectivity index (χ3n) is 3.70. The number of hydrogen-bond donors (Lipinski definition) is 0. The molecule has 0 unspecified atom stereocenters. The van der Waals surface area contributed by atoms with Gasteiger partial charge in [0, 0.05) is 18.8 Å². The maximum atomic E-state index is 5.38. The minimum Gasteiger partial charge on any atom is -0.378 e. The fourth-order valence-electron chi connectivity index (χ4n) is 2.33. The van der Waals surface area contributed by atoms with E-state index in [0.717, 1.165) is 38.0 Å². The zero-order valence-electron chi connectivity index (χ0n) is 10.5. The summed E-state index contributed by atoms with van der Waals surface area (Å²) in [6.07, 6.45) is 3.95. The largest absolute Gasteiger partial charge is 0.378 e. The molecule has 1 aliphatic heterocycles. The Labute approximate surface area is 103 Å². The van der Waals surface area contributed by atoms with Gasteiger partial charge in [-0.3, -0.25) is 0 Å². The maximum Gasteiger partial charge on any atom is 0.128 e.